The summed E-state index contributed by atoms with van der Waals surface area (Å²) in [5, 5.41) is 3.28. The van der Waals surface area contributed by atoms with Crippen molar-refractivity contribution >= 4 is 10.0 Å². The molecule has 2 aliphatic rings. The van der Waals surface area contributed by atoms with E-state index in [4.69, 9.17) is 0 Å². The third-order valence-electron chi connectivity index (χ3n) is 3.99. The van der Waals surface area contributed by atoms with Gasteiger partial charge in [0.15, 0.2) is 0 Å². The predicted molar refractivity (Wildman–Crippen MR) is 69.8 cm³/mol. The van der Waals surface area contributed by atoms with Crippen LogP contribution in [0.3, 0.4) is 0 Å². The van der Waals surface area contributed by atoms with Gasteiger partial charge in [-0.3, -0.25) is 0 Å². The summed E-state index contributed by atoms with van der Waals surface area (Å²) in [6, 6.07) is 7.32. The normalized spacial score (nSPS) is 28.5. The SMILES string of the molecule is Cc1cccc(S(=O)(=O)N2CC[C@@H]3CNC[C@@H]32)c1. The van der Waals surface area contributed by atoms with Crippen molar-refractivity contribution in [1.82, 2.24) is 9.62 Å². The van der Waals surface area contributed by atoms with Crippen LogP contribution in [0.1, 0.15) is 12.0 Å². The molecule has 3 rings (SSSR count). The Balaban J connectivity index is 1.95. The maximum absolute atomic E-state index is 12.6. The summed E-state index contributed by atoms with van der Waals surface area (Å²) in [6.45, 7) is 4.32. The highest BCUT2D eigenvalue weighted by molar-refractivity contribution is 7.89. The van der Waals surface area contributed by atoms with Crippen LogP contribution in [0.5, 0.6) is 0 Å². The molecule has 2 atom stereocenters. The third-order valence-corrected chi connectivity index (χ3v) is 5.91. The van der Waals surface area contributed by atoms with Gasteiger partial charge in [-0.05, 0) is 43.5 Å². The van der Waals surface area contributed by atoms with Crippen molar-refractivity contribution in [1.29, 1.82) is 0 Å². The first kappa shape index (κ1) is 12.1. The van der Waals surface area contributed by atoms with Gasteiger partial charge in [-0.15, -0.1) is 0 Å². The highest BCUT2D eigenvalue weighted by atomic mass is 32.2. The molecule has 2 aliphatic heterocycles. The number of aryl methyl sites for hydroxylation is 1. The number of nitrogens with zero attached hydrogens (tertiary/aromatic N) is 1. The molecule has 0 saturated carbocycles. The van der Waals surface area contributed by atoms with E-state index in [0.717, 1.165) is 25.1 Å². The lowest BCUT2D eigenvalue weighted by molar-refractivity contribution is 0.383. The minimum absolute atomic E-state index is 0.149. The van der Waals surface area contributed by atoms with Crippen LogP contribution < -0.4 is 5.32 Å². The number of hydrogen-bond donors (Lipinski definition) is 1. The summed E-state index contributed by atoms with van der Waals surface area (Å²) in [6.07, 6.45) is 0.975. The lowest BCUT2D eigenvalue weighted by atomic mass is 10.1. The second kappa shape index (κ2) is 4.33. The lowest BCUT2D eigenvalue weighted by Crippen LogP contribution is -2.39. The zero-order valence-corrected chi connectivity index (χ0v) is 11.3. The number of benzene rings is 1. The van der Waals surface area contributed by atoms with E-state index in [1.807, 2.05) is 19.1 Å². The van der Waals surface area contributed by atoms with Crippen LogP contribution in [0.2, 0.25) is 0 Å². The predicted octanol–water partition coefficient (Wildman–Crippen LogP) is 0.977. The summed E-state index contributed by atoms with van der Waals surface area (Å²) in [5.41, 5.74) is 0.983. The van der Waals surface area contributed by atoms with Crippen molar-refractivity contribution in [2.75, 3.05) is 19.6 Å². The Kier molecular flexibility index (Phi) is 2.92. The molecule has 2 saturated heterocycles. The van der Waals surface area contributed by atoms with Gasteiger partial charge in [0.25, 0.3) is 0 Å². The highest BCUT2D eigenvalue weighted by Crippen LogP contribution is 2.32. The van der Waals surface area contributed by atoms with Crippen LogP contribution in [0, 0.1) is 12.8 Å². The molecular formula is C13H18N2O2S. The van der Waals surface area contributed by atoms with Gasteiger partial charge < -0.3 is 5.32 Å². The van der Waals surface area contributed by atoms with Gasteiger partial charge in [0.05, 0.1) is 4.90 Å². The Morgan fingerprint density at radius 2 is 2.17 bits per heavy atom. The lowest BCUT2D eigenvalue weighted by Gasteiger charge is -2.22. The van der Waals surface area contributed by atoms with Crippen molar-refractivity contribution in [3.05, 3.63) is 29.8 Å². The van der Waals surface area contributed by atoms with Crippen LogP contribution in [0.4, 0.5) is 0 Å². The zero-order chi connectivity index (χ0) is 12.8. The van der Waals surface area contributed by atoms with Gasteiger partial charge in [-0.2, -0.15) is 4.31 Å². The largest absolute Gasteiger partial charge is 0.315 e. The van der Waals surface area contributed by atoms with Gasteiger partial charge in [0, 0.05) is 19.1 Å². The van der Waals surface area contributed by atoms with E-state index in [1.165, 1.54) is 0 Å². The Morgan fingerprint density at radius 3 is 2.94 bits per heavy atom. The molecule has 5 heteroatoms. The van der Waals surface area contributed by atoms with Crippen molar-refractivity contribution in [3.63, 3.8) is 0 Å². The molecule has 0 aromatic heterocycles. The van der Waals surface area contributed by atoms with Gasteiger partial charge in [-0.1, -0.05) is 12.1 Å². The molecule has 0 radical (unpaired) electrons. The van der Waals surface area contributed by atoms with Gasteiger partial charge in [-0.25, -0.2) is 8.42 Å². The van der Waals surface area contributed by atoms with E-state index < -0.39 is 10.0 Å². The van der Waals surface area contributed by atoms with E-state index in [0.29, 0.717) is 17.4 Å². The Morgan fingerprint density at radius 1 is 1.33 bits per heavy atom. The molecule has 1 aromatic carbocycles. The van der Waals surface area contributed by atoms with Gasteiger partial charge in [0.1, 0.15) is 0 Å². The van der Waals surface area contributed by atoms with Crippen molar-refractivity contribution in [3.8, 4) is 0 Å². The number of nitrogens with one attached hydrogen (secondary N) is 1. The minimum atomic E-state index is -3.32. The van der Waals surface area contributed by atoms with Crippen LogP contribution in [-0.2, 0) is 10.0 Å². The van der Waals surface area contributed by atoms with Crippen LogP contribution in [0.15, 0.2) is 29.2 Å². The van der Waals surface area contributed by atoms with Crippen LogP contribution >= 0.6 is 0 Å². The topological polar surface area (TPSA) is 49.4 Å². The molecule has 2 fully saturated rings. The first-order valence-corrected chi connectivity index (χ1v) is 7.82. The number of fused-ring (bicyclic) bond motifs is 1. The number of rotatable bonds is 2. The summed E-state index contributed by atoms with van der Waals surface area (Å²) in [5.74, 6) is 0.490. The van der Waals surface area contributed by atoms with E-state index in [-0.39, 0.29) is 6.04 Å². The highest BCUT2D eigenvalue weighted by Gasteiger charge is 2.43. The van der Waals surface area contributed by atoms with E-state index >= 15 is 0 Å². The average Bonchev–Trinajstić information content (AvgIpc) is 2.90. The summed E-state index contributed by atoms with van der Waals surface area (Å²) in [4.78, 5) is 0.426. The molecule has 2 heterocycles. The minimum Gasteiger partial charge on any atom is -0.315 e. The molecule has 0 bridgehead atoms. The molecular weight excluding hydrogens is 248 g/mol. The number of hydrogen-bond acceptors (Lipinski definition) is 3. The van der Waals surface area contributed by atoms with Crippen LogP contribution in [0.25, 0.3) is 0 Å². The molecule has 18 heavy (non-hydrogen) atoms. The quantitative estimate of drug-likeness (QED) is 0.868. The van der Waals surface area contributed by atoms with Crippen molar-refractivity contribution in [2.24, 2.45) is 5.92 Å². The van der Waals surface area contributed by atoms with Crippen molar-refractivity contribution in [2.45, 2.75) is 24.3 Å². The van der Waals surface area contributed by atoms with E-state index in [9.17, 15) is 8.42 Å². The second-order valence-corrected chi connectivity index (χ2v) is 7.10. The van der Waals surface area contributed by atoms with E-state index in [1.54, 1.807) is 16.4 Å². The summed E-state index contributed by atoms with van der Waals surface area (Å²) in [7, 11) is -3.32. The maximum Gasteiger partial charge on any atom is 0.243 e. The monoisotopic (exact) mass is 266 g/mol. The van der Waals surface area contributed by atoms with Gasteiger partial charge in [0.2, 0.25) is 10.0 Å². The van der Waals surface area contributed by atoms with E-state index in [2.05, 4.69) is 5.32 Å². The summed E-state index contributed by atoms with van der Waals surface area (Å²) < 4.78 is 26.9. The fourth-order valence-corrected chi connectivity index (χ4v) is 4.82. The van der Waals surface area contributed by atoms with Crippen LogP contribution in [-0.4, -0.2) is 38.4 Å². The Hall–Kier alpha value is -0.910. The molecule has 1 N–H and O–H groups in total. The summed E-state index contributed by atoms with van der Waals surface area (Å²) >= 11 is 0. The smallest absolute Gasteiger partial charge is 0.243 e. The first-order chi connectivity index (χ1) is 8.59. The van der Waals surface area contributed by atoms with Crippen molar-refractivity contribution < 1.29 is 8.42 Å². The molecule has 1 aromatic rings. The average molecular weight is 266 g/mol. The maximum atomic E-state index is 12.6. The molecule has 4 nitrogen and oxygen atoms in total. The second-order valence-electron chi connectivity index (χ2n) is 5.21. The molecule has 98 valence electrons. The molecule has 0 aliphatic carbocycles. The molecule has 0 amide bonds. The first-order valence-electron chi connectivity index (χ1n) is 6.38. The third kappa shape index (κ3) is 1.86. The Labute approximate surface area is 108 Å². The fourth-order valence-electron chi connectivity index (χ4n) is 3.02. The van der Waals surface area contributed by atoms with Gasteiger partial charge >= 0.3 is 0 Å². The standard InChI is InChI=1S/C13H18N2O2S/c1-10-3-2-4-12(7-10)18(16,17)15-6-5-11-8-14-9-13(11)15/h2-4,7,11,13-14H,5-6,8-9H2,1H3/t11-,13+/m1/s1. The molecule has 0 spiro atoms. The molecule has 0 unspecified atom stereocenters. The zero-order valence-electron chi connectivity index (χ0n) is 10.5. The fraction of sp³-hybridized carbons (Fsp3) is 0.538. The number of sulfonamides is 1. The Bertz CT molecular complexity index is 556.